The summed E-state index contributed by atoms with van der Waals surface area (Å²) in [7, 11) is 1.51. The van der Waals surface area contributed by atoms with Gasteiger partial charge in [0.15, 0.2) is 11.6 Å². The lowest BCUT2D eigenvalue weighted by Gasteiger charge is -2.29. The van der Waals surface area contributed by atoms with Crippen molar-refractivity contribution < 1.29 is 9.13 Å². The molecule has 1 aromatic carbocycles. The van der Waals surface area contributed by atoms with Gasteiger partial charge in [0.25, 0.3) is 0 Å². The second kappa shape index (κ2) is 6.93. The summed E-state index contributed by atoms with van der Waals surface area (Å²) in [5, 5.41) is 0. The Labute approximate surface area is 116 Å². The first-order chi connectivity index (χ1) is 9.24. The number of unbranched alkanes of at least 4 members (excludes halogenated alkanes) is 1. The summed E-state index contributed by atoms with van der Waals surface area (Å²) in [5.41, 5.74) is 1.15. The van der Waals surface area contributed by atoms with Crippen LogP contribution in [0.15, 0.2) is 18.2 Å². The quantitative estimate of drug-likeness (QED) is 0.701. The molecular formula is C17H25FO. The number of ether oxygens (including phenoxy) is 1. The third kappa shape index (κ3) is 3.71. The van der Waals surface area contributed by atoms with E-state index >= 15 is 0 Å². The van der Waals surface area contributed by atoms with Gasteiger partial charge in [0.05, 0.1) is 7.11 Å². The minimum Gasteiger partial charge on any atom is -0.494 e. The zero-order valence-corrected chi connectivity index (χ0v) is 12.1. The third-order valence-electron chi connectivity index (χ3n) is 4.46. The van der Waals surface area contributed by atoms with Gasteiger partial charge in [-0.1, -0.05) is 32.3 Å². The van der Waals surface area contributed by atoms with E-state index in [4.69, 9.17) is 4.74 Å². The molecule has 0 spiro atoms. The Kier molecular flexibility index (Phi) is 5.24. The van der Waals surface area contributed by atoms with Crippen molar-refractivity contribution in [2.24, 2.45) is 5.92 Å². The second-order valence-electron chi connectivity index (χ2n) is 5.75. The molecule has 0 heterocycles. The van der Waals surface area contributed by atoms with Gasteiger partial charge in [-0.3, -0.25) is 0 Å². The Morgan fingerprint density at radius 3 is 2.53 bits per heavy atom. The van der Waals surface area contributed by atoms with Gasteiger partial charge in [-0.25, -0.2) is 4.39 Å². The molecule has 0 saturated heterocycles. The van der Waals surface area contributed by atoms with E-state index in [2.05, 4.69) is 6.92 Å². The lowest BCUT2D eigenvalue weighted by Crippen LogP contribution is -2.13. The normalized spacial score (nSPS) is 23.3. The number of hydrogen-bond donors (Lipinski definition) is 0. The fourth-order valence-corrected chi connectivity index (χ4v) is 3.21. The average molecular weight is 264 g/mol. The van der Waals surface area contributed by atoms with Gasteiger partial charge in [0.1, 0.15) is 0 Å². The van der Waals surface area contributed by atoms with Crippen molar-refractivity contribution in [1.82, 2.24) is 0 Å². The molecule has 19 heavy (non-hydrogen) atoms. The molecule has 0 unspecified atom stereocenters. The molecule has 0 bridgehead atoms. The first-order valence-corrected chi connectivity index (χ1v) is 7.58. The first kappa shape index (κ1) is 14.4. The van der Waals surface area contributed by atoms with Crippen LogP contribution in [0.1, 0.15) is 63.4 Å². The van der Waals surface area contributed by atoms with E-state index in [1.54, 1.807) is 12.1 Å². The third-order valence-corrected chi connectivity index (χ3v) is 4.46. The molecule has 1 aliphatic carbocycles. The van der Waals surface area contributed by atoms with Crippen LogP contribution in [0.25, 0.3) is 0 Å². The Morgan fingerprint density at radius 2 is 1.95 bits per heavy atom. The molecule has 2 rings (SSSR count). The summed E-state index contributed by atoms with van der Waals surface area (Å²) in [5.74, 6) is 1.56. The number of halogens is 1. The smallest absolute Gasteiger partial charge is 0.165 e. The molecule has 0 N–H and O–H groups in total. The highest BCUT2D eigenvalue weighted by atomic mass is 19.1. The predicted octanol–water partition coefficient (Wildman–Crippen LogP) is 5.30. The molecule has 1 aromatic rings. The zero-order chi connectivity index (χ0) is 13.7. The monoisotopic (exact) mass is 264 g/mol. The van der Waals surface area contributed by atoms with Crippen molar-refractivity contribution >= 4 is 0 Å². The number of hydrogen-bond acceptors (Lipinski definition) is 1. The second-order valence-corrected chi connectivity index (χ2v) is 5.75. The van der Waals surface area contributed by atoms with E-state index in [-0.39, 0.29) is 5.82 Å². The van der Waals surface area contributed by atoms with Crippen molar-refractivity contribution in [3.8, 4) is 5.75 Å². The molecule has 0 aromatic heterocycles. The van der Waals surface area contributed by atoms with Crippen molar-refractivity contribution in [3.05, 3.63) is 29.6 Å². The molecule has 106 valence electrons. The number of methoxy groups -OCH3 is 1. The highest BCUT2D eigenvalue weighted by Crippen LogP contribution is 2.38. The van der Waals surface area contributed by atoms with E-state index in [9.17, 15) is 4.39 Å². The highest BCUT2D eigenvalue weighted by molar-refractivity contribution is 5.31. The molecule has 1 saturated carbocycles. The maximum Gasteiger partial charge on any atom is 0.165 e. The summed E-state index contributed by atoms with van der Waals surface area (Å²) in [6.45, 7) is 2.26. The standard InChI is InChI=1S/C17H25FO/c1-3-4-5-13-6-8-14(9-7-13)15-10-11-17(19-2)16(18)12-15/h10-14H,3-9H2,1-2H3/t13-,14-. The molecular weight excluding hydrogens is 239 g/mol. The fraction of sp³-hybridized carbons (Fsp3) is 0.647. The predicted molar refractivity (Wildman–Crippen MR) is 77.2 cm³/mol. The molecule has 1 aliphatic rings. The molecule has 0 aliphatic heterocycles. The van der Waals surface area contributed by atoms with Gasteiger partial charge in [0.2, 0.25) is 0 Å². The number of rotatable bonds is 5. The fourth-order valence-electron chi connectivity index (χ4n) is 3.21. The van der Waals surface area contributed by atoms with Crippen LogP contribution in [-0.2, 0) is 0 Å². The van der Waals surface area contributed by atoms with Crippen LogP contribution in [0.2, 0.25) is 0 Å². The molecule has 0 atom stereocenters. The number of benzene rings is 1. The Hall–Kier alpha value is -1.05. The van der Waals surface area contributed by atoms with Crippen LogP contribution in [0.5, 0.6) is 5.75 Å². The van der Waals surface area contributed by atoms with E-state index in [0.29, 0.717) is 11.7 Å². The van der Waals surface area contributed by atoms with Crippen molar-refractivity contribution in [3.63, 3.8) is 0 Å². The first-order valence-electron chi connectivity index (χ1n) is 7.58. The maximum atomic E-state index is 13.7. The SMILES string of the molecule is CCCC[C@H]1CC[C@H](c2ccc(OC)c(F)c2)CC1. The van der Waals surface area contributed by atoms with E-state index in [0.717, 1.165) is 11.5 Å². The Balaban J connectivity index is 1.92. The maximum absolute atomic E-state index is 13.7. The summed E-state index contributed by atoms with van der Waals surface area (Å²) in [4.78, 5) is 0. The van der Waals surface area contributed by atoms with Crippen LogP contribution >= 0.6 is 0 Å². The molecule has 0 amide bonds. The van der Waals surface area contributed by atoms with Gasteiger partial charge in [-0.2, -0.15) is 0 Å². The van der Waals surface area contributed by atoms with Gasteiger partial charge in [-0.05, 0) is 55.2 Å². The van der Waals surface area contributed by atoms with Gasteiger partial charge in [-0.15, -0.1) is 0 Å². The Bertz CT molecular complexity index is 394. The van der Waals surface area contributed by atoms with E-state index in [1.807, 2.05) is 6.07 Å². The van der Waals surface area contributed by atoms with Crippen LogP contribution in [0.3, 0.4) is 0 Å². The Morgan fingerprint density at radius 1 is 1.21 bits per heavy atom. The molecule has 1 fully saturated rings. The summed E-state index contributed by atoms with van der Waals surface area (Å²) in [6, 6.07) is 5.45. The lowest BCUT2D eigenvalue weighted by atomic mass is 9.77. The molecule has 2 heteroatoms. The molecule has 1 nitrogen and oxygen atoms in total. The van der Waals surface area contributed by atoms with Crippen LogP contribution < -0.4 is 4.74 Å². The summed E-state index contributed by atoms with van der Waals surface area (Å²) >= 11 is 0. The lowest BCUT2D eigenvalue weighted by molar-refractivity contribution is 0.303. The van der Waals surface area contributed by atoms with Crippen LogP contribution in [0.4, 0.5) is 4.39 Å². The van der Waals surface area contributed by atoms with E-state index in [1.165, 1.54) is 52.1 Å². The highest BCUT2D eigenvalue weighted by Gasteiger charge is 2.22. The van der Waals surface area contributed by atoms with Crippen LogP contribution in [-0.4, -0.2) is 7.11 Å². The molecule has 0 radical (unpaired) electrons. The van der Waals surface area contributed by atoms with Crippen LogP contribution in [0, 0.1) is 11.7 Å². The average Bonchev–Trinajstić information content (AvgIpc) is 2.45. The van der Waals surface area contributed by atoms with Crippen molar-refractivity contribution in [1.29, 1.82) is 0 Å². The largest absolute Gasteiger partial charge is 0.494 e. The summed E-state index contributed by atoms with van der Waals surface area (Å²) < 4.78 is 18.7. The topological polar surface area (TPSA) is 9.23 Å². The van der Waals surface area contributed by atoms with E-state index < -0.39 is 0 Å². The van der Waals surface area contributed by atoms with Gasteiger partial charge < -0.3 is 4.74 Å². The van der Waals surface area contributed by atoms with Gasteiger partial charge >= 0.3 is 0 Å². The van der Waals surface area contributed by atoms with Crippen molar-refractivity contribution in [2.45, 2.75) is 57.8 Å². The zero-order valence-electron chi connectivity index (χ0n) is 12.1. The summed E-state index contributed by atoms with van der Waals surface area (Å²) in [6.07, 6.45) is 9.05. The van der Waals surface area contributed by atoms with Gasteiger partial charge in [0, 0.05) is 0 Å². The minimum absolute atomic E-state index is 0.229. The van der Waals surface area contributed by atoms with Crippen molar-refractivity contribution in [2.75, 3.05) is 7.11 Å². The minimum atomic E-state index is -0.229.